The Morgan fingerprint density at radius 1 is 1.00 bits per heavy atom. The summed E-state index contributed by atoms with van der Waals surface area (Å²) < 4.78 is 9.10. The highest BCUT2D eigenvalue weighted by atomic mass is 35.5. The number of rotatable bonds is 6. The van der Waals surface area contributed by atoms with E-state index in [1.807, 2.05) is 42.5 Å². The number of furan rings is 1. The first kappa shape index (κ1) is 21.2. The maximum absolute atomic E-state index is 13.4. The molecule has 1 N–H and O–H groups in total. The number of nitrogens with one attached hydrogen (secondary N) is 1. The maximum Gasteiger partial charge on any atom is 0.332 e. The van der Waals surface area contributed by atoms with Crippen LogP contribution in [0.25, 0.3) is 20.3 Å². The first-order valence-corrected chi connectivity index (χ1v) is 11.4. The van der Waals surface area contributed by atoms with Crippen molar-refractivity contribution in [1.29, 1.82) is 0 Å². The van der Waals surface area contributed by atoms with Gasteiger partial charge in [-0.15, -0.1) is 11.3 Å². The third kappa shape index (κ3) is 3.99. The molecule has 0 unspecified atom stereocenters. The molecule has 0 saturated heterocycles. The highest BCUT2D eigenvalue weighted by Crippen LogP contribution is 2.30. The van der Waals surface area contributed by atoms with Crippen LogP contribution in [-0.4, -0.2) is 15.0 Å². The lowest BCUT2D eigenvalue weighted by atomic mass is 10.2. The van der Waals surface area contributed by atoms with E-state index in [-0.39, 0.29) is 25.5 Å². The molecule has 0 bridgehead atoms. The normalized spacial score (nSPS) is 11.3. The molecular weight excluding hydrogens is 462 g/mol. The topological polar surface area (TPSA) is 86.2 Å². The highest BCUT2D eigenvalue weighted by Gasteiger charge is 2.20. The second kappa shape index (κ2) is 8.73. The van der Waals surface area contributed by atoms with E-state index in [9.17, 15) is 14.4 Å². The molecule has 5 rings (SSSR count). The number of hydrogen-bond acceptors (Lipinski definition) is 5. The fourth-order valence-electron chi connectivity index (χ4n) is 3.78. The summed E-state index contributed by atoms with van der Waals surface area (Å²) in [6.07, 6.45) is 1.49. The molecule has 3 heterocycles. The molecule has 0 aliphatic rings. The summed E-state index contributed by atoms with van der Waals surface area (Å²) in [5.74, 6) is 0.112. The van der Waals surface area contributed by atoms with Gasteiger partial charge in [-0.05, 0) is 29.8 Å². The van der Waals surface area contributed by atoms with E-state index in [1.54, 1.807) is 18.2 Å². The van der Waals surface area contributed by atoms with E-state index in [2.05, 4.69) is 5.32 Å². The highest BCUT2D eigenvalue weighted by molar-refractivity contribution is 7.25. The summed E-state index contributed by atoms with van der Waals surface area (Å²) >= 11 is 7.48. The van der Waals surface area contributed by atoms with Gasteiger partial charge in [0.2, 0.25) is 5.91 Å². The number of thiophene rings is 1. The molecule has 0 fully saturated rings. The van der Waals surface area contributed by atoms with Gasteiger partial charge >= 0.3 is 5.69 Å². The number of aromatic nitrogens is 2. The van der Waals surface area contributed by atoms with Gasteiger partial charge in [0.05, 0.1) is 18.3 Å². The van der Waals surface area contributed by atoms with E-state index in [0.29, 0.717) is 21.0 Å². The van der Waals surface area contributed by atoms with Crippen LogP contribution in [0, 0.1) is 0 Å². The van der Waals surface area contributed by atoms with Crippen molar-refractivity contribution in [3.63, 3.8) is 0 Å². The standard InChI is InChI=1S/C24H18ClN3O4S/c25-18-9-3-1-6-15(18)12-26-20(29)14-27-21-17-8-2-4-10-19(17)33-22(21)23(30)28(24(27)31)13-16-7-5-11-32-16/h1-11H,12-14H2,(H,26,29). The van der Waals surface area contributed by atoms with Crippen LogP contribution in [0.1, 0.15) is 11.3 Å². The fourth-order valence-corrected chi connectivity index (χ4v) is 5.13. The summed E-state index contributed by atoms with van der Waals surface area (Å²) in [6.45, 7) is -0.0259. The van der Waals surface area contributed by atoms with Crippen LogP contribution in [0.15, 0.2) is 80.9 Å². The molecule has 0 aliphatic heterocycles. The van der Waals surface area contributed by atoms with Crippen molar-refractivity contribution in [2.75, 3.05) is 0 Å². The molecule has 3 aromatic heterocycles. The summed E-state index contributed by atoms with van der Waals surface area (Å²) in [7, 11) is 0. The molecule has 0 radical (unpaired) electrons. The van der Waals surface area contributed by atoms with E-state index >= 15 is 0 Å². The Balaban J connectivity index is 1.58. The number of nitrogens with zero attached hydrogens (tertiary/aromatic N) is 2. The number of hydrogen-bond donors (Lipinski definition) is 1. The van der Waals surface area contributed by atoms with Crippen molar-refractivity contribution in [2.24, 2.45) is 0 Å². The van der Waals surface area contributed by atoms with Gasteiger partial charge in [-0.1, -0.05) is 48.0 Å². The van der Waals surface area contributed by atoms with E-state index in [0.717, 1.165) is 20.2 Å². The van der Waals surface area contributed by atoms with Gasteiger partial charge in [0.15, 0.2) is 0 Å². The predicted octanol–water partition coefficient (Wildman–Crippen LogP) is 3.99. The van der Waals surface area contributed by atoms with Crippen molar-refractivity contribution in [3.05, 3.63) is 104 Å². The van der Waals surface area contributed by atoms with Crippen LogP contribution < -0.4 is 16.6 Å². The molecule has 1 amide bonds. The van der Waals surface area contributed by atoms with E-state index in [1.165, 1.54) is 22.2 Å². The molecule has 33 heavy (non-hydrogen) atoms. The Morgan fingerprint density at radius 2 is 1.79 bits per heavy atom. The molecule has 0 aliphatic carbocycles. The van der Waals surface area contributed by atoms with Gasteiger partial charge in [0.25, 0.3) is 5.56 Å². The molecule has 5 aromatic rings. The number of benzene rings is 2. The quantitative estimate of drug-likeness (QED) is 0.399. The molecule has 166 valence electrons. The Morgan fingerprint density at radius 3 is 2.58 bits per heavy atom. The first-order chi connectivity index (χ1) is 16.0. The van der Waals surface area contributed by atoms with Crippen LogP contribution in [0.2, 0.25) is 5.02 Å². The van der Waals surface area contributed by atoms with Gasteiger partial charge in [-0.25, -0.2) is 4.79 Å². The van der Waals surface area contributed by atoms with Crippen molar-refractivity contribution < 1.29 is 9.21 Å². The van der Waals surface area contributed by atoms with Gasteiger partial charge in [0.1, 0.15) is 17.0 Å². The Bertz CT molecular complexity index is 1600. The van der Waals surface area contributed by atoms with E-state index in [4.69, 9.17) is 16.0 Å². The third-order valence-electron chi connectivity index (χ3n) is 5.37. The number of carbonyl (C=O) groups is 1. The lowest BCUT2D eigenvalue weighted by Crippen LogP contribution is -2.42. The van der Waals surface area contributed by atoms with Crippen LogP contribution in [-0.2, 0) is 24.4 Å². The summed E-state index contributed by atoms with van der Waals surface area (Å²) in [5.41, 5.74) is 0.267. The Kier molecular flexibility index (Phi) is 5.62. The number of amides is 1. The van der Waals surface area contributed by atoms with Crippen LogP contribution in [0.3, 0.4) is 0 Å². The third-order valence-corrected chi connectivity index (χ3v) is 6.89. The summed E-state index contributed by atoms with van der Waals surface area (Å²) in [4.78, 5) is 39.5. The molecule has 0 spiro atoms. The molecule has 9 heteroatoms. The average molecular weight is 480 g/mol. The lowest BCUT2D eigenvalue weighted by Gasteiger charge is -2.13. The van der Waals surface area contributed by atoms with Gasteiger partial charge in [-0.2, -0.15) is 0 Å². The van der Waals surface area contributed by atoms with Crippen LogP contribution in [0.5, 0.6) is 0 Å². The van der Waals surface area contributed by atoms with Crippen LogP contribution in [0.4, 0.5) is 0 Å². The zero-order valence-corrected chi connectivity index (χ0v) is 18.9. The zero-order valence-electron chi connectivity index (χ0n) is 17.3. The average Bonchev–Trinajstić information content (AvgIpc) is 3.47. The molecule has 2 aromatic carbocycles. The van der Waals surface area contributed by atoms with Crippen molar-refractivity contribution in [2.45, 2.75) is 19.6 Å². The second-order valence-corrected chi connectivity index (χ2v) is 8.94. The largest absolute Gasteiger partial charge is 0.467 e. The zero-order chi connectivity index (χ0) is 22.9. The minimum Gasteiger partial charge on any atom is -0.467 e. The van der Waals surface area contributed by atoms with Crippen molar-refractivity contribution in [3.8, 4) is 0 Å². The van der Waals surface area contributed by atoms with E-state index < -0.39 is 11.2 Å². The number of fused-ring (bicyclic) bond motifs is 3. The smallest absolute Gasteiger partial charge is 0.332 e. The SMILES string of the molecule is O=C(Cn1c(=O)n(Cc2ccco2)c(=O)c2sc3ccccc3c21)NCc1ccccc1Cl. The molecular formula is C24H18ClN3O4S. The van der Waals surface area contributed by atoms with Gasteiger partial charge in [0, 0.05) is 21.7 Å². The Labute approximate surface area is 196 Å². The number of carbonyl (C=O) groups excluding carboxylic acids is 1. The van der Waals surface area contributed by atoms with Gasteiger partial charge < -0.3 is 9.73 Å². The number of halogens is 1. The monoisotopic (exact) mass is 479 g/mol. The second-order valence-electron chi connectivity index (χ2n) is 7.48. The minimum atomic E-state index is -0.569. The Hall–Kier alpha value is -3.62. The van der Waals surface area contributed by atoms with Crippen LogP contribution >= 0.6 is 22.9 Å². The minimum absolute atomic E-state index is 0.0178. The van der Waals surface area contributed by atoms with Crippen molar-refractivity contribution in [1.82, 2.24) is 14.5 Å². The predicted molar refractivity (Wildman–Crippen MR) is 129 cm³/mol. The summed E-state index contributed by atoms with van der Waals surface area (Å²) in [6, 6.07) is 18.1. The first-order valence-electron chi connectivity index (χ1n) is 10.2. The van der Waals surface area contributed by atoms with Gasteiger partial charge in [-0.3, -0.25) is 18.7 Å². The fraction of sp³-hybridized carbons (Fsp3) is 0.125. The lowest BCUT2D eigenvalue weighted by molar-refractivity contribution is -0.121. The van der Waals surface area contributed by atoms with Crippen molar-refractivity contribution >= 4 is 49.1 Å². The maximum atomic E-state index is 13.4. The molecule has 7 nitrogen and oxygen atoms in total. The molecule has 0 atom stereocenters. The molecule has 0 saturated carbocycles. The summed E-state index contributed by atoms with van der Waals surface area (Å²) in [5, 5.41) is 4.12.